The third-order valence-corrected chi connectivity index (χ3v) is 4.97. The van der Waals surface area contributed by atoms with Crippen LogP contribution in [0.2, 0.25) is 0 Å². The number of nitrogens with one attached hydrogen (secondary N) is 2. The second-order valence-electron chi connectivity index (χ2n) is 6.22. The highest BCUT2D eigenvalue weighted by Crippen LogP contribution is 2.31. The Hall–Kier alpha value is -2.91. The number of hydrogen-bond acceptors (Lipinski definition) is 6. The Morgan fingerprint density at radius 2 is 2.00 bits per heavy atom. The van der Waals surface area contributed by atoms with Crippen LogP contribution in [0, 0.1) is 11.6 Å². The summed E-state index contributed by atoms with van der Waals surface area (Å²) in [5, 5.41) is 6.42. The molecule has 0 spiro atoms. The van der Waals surface area contributed by atoms with Crippen molar-refractivity contribution in [3.63, 3.8) is 0 Å². The SMILES string of the molecule is O=C(Nc1cnsc1OC1CCNC1)c1cccc(-c2c(F)cccc2F)n1. The Balaban J connectivity index is 1.54. The van der Waals surface area contributed by atoms with Crippen LogP contribution >= 0.6 is 11.5 Å². The van der Waals surface area contributed by atoms with Crippen molar-refractivity contribution in [3.8, 4) is 16.3 Å². The van der Waals surface area contributed by atoms with E-state index in [1.165, 1.54) is 30.5 Å². The van der Waals surface area contributed by atoms with E-state index in [1.807, 2.05) is 0 Å². The van der Waals surface area contributed by atoms with Crippen LogP contribution in [0.5, 0.6) is 5.06 Å². The third-order valence-electron chi connectivity index (χ3n) is 4.27. The topological polar surface area (TPSA) is 76.1 Å². The van der Waals surface area contributed by atoms with E-state index in [2.05, 4.69) is 20.0 Å². The maximum atomic E-state index is 14.0. The molecule has 2 N–H and O–H groups in total. The van der Waals surface area contributed by atoms with Crippen LogP contribution < -0.4 is 15.4 Å². The first-order chi connectivity index (χ1) is 13.6. The van der Waals surface area contributed by atoms with E-state index < -0.39 is 17.5 Å². The molecular weight excluding hydrogens is 386 g/mol. The van der Waals surface area contributed by atoms with Crippen LogP contribution in [-0.4, -0.2) is 34.5 Å². The molecular formula is C19H16F2N4O2S. The van der Waals surface area contributed by atoms with E-state index in [9.17, 15) is 13.6 Å². The Labute approximate surface area is 163 Å². The molecule has 1 amide bonds. The van der Waals surface area contributed by atoms with Gasteiger partial charge in [-0.1, -0.05) is 12.1 Å². The maximum absolute atomic E-state index is 14.0. The second-order valence-corrected chi connectivity index (χ2v) is 6.98. The molecule has 0 radical (unpaired) electrons. The summed E-state index contributed by atoms with van der Waals surface area (Å²) in [7, 11) is 0. The van der Waals surface area contributed by atoms with Gasteiger partial charge in [-0.05, 0) is 37.2 Å². The highest BCUT2D eigenvalue weighted by molar-refractivity contribution is 7.08. The van der Waals surface area contributed by atoms with E-state index in [0.717, 1.165) is 43.2 Å². The predicted molar refractivity (Wildman–Crippen MR) is 102 cm³/mol. The van der Waals surface area contributed by atoms with Crippen LogP contribution in [0.1, 0.15) is 16.9 Å². The molecule has 6 nitrogen and oxygen atoms in total. The van der Waals surface area contributed by atoms with Crippen molar-refractivity contribution >= 4 is 23.1 Å². The monoisotopic (exact) mass is 402 g/mol. The zero-order chi connectivity index (χ0) is 19.5. The molecule has 1 unspecified atom stereocenters. The number of anilines is 1. The number of rotatable bonds is 5. The van der Waals surface area contributed by atoms with Crippen LogP contribution in [0.3, 0.4) is 0 Å². The number of carbonyl (C=O) groups is 1. The van der Waals surface area contributed by atoms with Crippen molar-refractivity contribution < 1.29 is 18.3 Å². The fourth-order valence-corrected chi connectivity index (χ4v) is 3.54. The summed E-state index contributed by atoms with van der Waals surface area (Å²) in [6.07, 6.45) is 2.41. The standard InChI is InChI=1S/C19H16F2N4O2S/c20-12-3-1-4-13(21)17(12)14-5-2-6-15(24-14)18(26)25-16-10-23-28-19(16)27-11-7-8-22-9-11/h1-6,10-11,22H,7-9H2,(H,25,26). The van der Waals surface area contributed by atoms with Gasteiger partial charge in [0.15, 0.2) is 0 Å². The van der Waals surface area contributed by atoms with Gasteiger partial charge in [-0.25, -0.2) is 13.8 Å². The Kier molecular flexibility index (Phi) is 5.27. The summed E-state index contributed by atoms with van der Waals surface area (Å²) >= 11 is 1.14. The average Bonchev–Trinajstić information content (AvgIpc) is 3.35. The van der Waals surface area contributed by atoms with E-state index in [4.69, 9.17) is 4.74 Å². The summed E-state index contributed by atoms with van der Waals surface area (Å²) in [6.45, 7) is 1.62. The largest absolute Gasteiger partial charge is 0.477 e. The van der Waals surface area contributed by atoms with Crippen molar-refractivity contribution in [2.75, 3.05) is 18.4 Å². The van der Waals surface area contributed by atoms with Gasteiger partial charge in [0.1, 0.15) is 29.1 Å². The first-order valence-corrected chi connectivity index (χ1v) is 9.44. The highest BCUT2D eigenvalue weighted by Gasteiger charge is 2.21. The van der Waals surface area contributed by atoms with E-state index >= 15 is 0 Å². The molecule has 1 saturated heterocycles. The molecule has 1 aromatic carbocycles. The first-order valence-electron chi connectivity index (χ1n) is 8.66. The average molecular weight is 402 g/mol. The lowest BCUT2D eigenvalue weighted by Gasteiger charge is -2.12. The van der Waals surface area contributed by atoms with Gasteiger partial charge < -0.3 is 15.4 Å². The normalized spacial score (nSPS) is 16.1. The number of nitrogens with zero attached hydrogens (tertiary/aromatic N) is 2. The minimum atomic E-state index is -0.743. The van der Waals surface area contributed by atoms with E-state index in [0.29, 0.717) is 10.8 Å². The quantitative estimate of drug-likeness (QED) is 0.683. The van der Waals surface area contributed by atoms with Crippen LogP contribution in [0.25, 0.3) is 11.3 Å². The molecule has 1 fully saturated rings. The lowest BCUT2D eigenvalue weighted by molar-refractivity contribution is 0.102. The number of pyridine rings is 1. The van der Waals surface area contributed by atoms with Crippen LogP contribution in [0.15, 0.2) is 42.6 Å². The Morgan fingerprint density at radius 1 is 1.21 bits per heavy atom. The maximum Gasteiger partial charge on any atom is 0.274 e. The van der Waals surface area contributed by atoms with Crippen LogP contribution in [-0.2, 0) is 0 Å². The Bertz CT molecular complexity index is 985. The molecule has 1 aliphatic heterocycles. The van der Waals surface area contributed by atoms with Crippen LogP contribution in [0.4, 0.5) is 14.5 Å². The lowest BCUT2D eigenvalue weighted by Crippen LogP contribution is -2.20. The number of hydrogen-bond donors (Lipinski definition) is 2. The summed E-state index contributed by atoms with van der Waals surface area (Å²) < 4.78 is 38.0. The Morgan fingerprint density at radius 3 is 2.75 bits per heavy atom. The summed E-state index contributed by atoms with van der Waals surface area (Å²) in [4.78, 5) is 16.7. The molecule has 0 saturated carbocycles. The first kappa shape index (κ1) is 18.5. The minimum absolute atomic E-state index is 0.0276. The number of benzene rings is 1. The molecule has 0 aliphatic carbocycles. The molecule has 144 valence electrons. The van der Waals surface area contributed by atoms with Gasteiger partial charge in [0.05, 0.1) is 17.5 Å². The summed E-state index contributed by atoms with van der Waals surface area (Å²) in [5.41, 5.74) is 0.235. The number of halogens is 2. The highest BCUT2D eigenvalue weighted by atomic mass is 32.1. The fraction of sp³-hybridized carbons (Fsp3) is 0.211. The molecule has 3 aromatic rings. The molecule has 4 rings (SSSR count). The van der Waals surface area contributed by atoms with E-state index in [1.54, 1.807) is 0 Å². The minimum Gasteiger partial charge on any atom is -0.477 e. The zero-order valence-corrected chi connectivity index (χ0v) is 15.4. The molecule has 28 heavy (non-hydrogen) atoms. The third kappa shape index (κ3) is 3.85. The van der Waals surface area contributed by atoms with Gasteiger partial charge in [-0.15, -0.1) is 0 Å². The van der Waals surface area contributed by atoms with Crippen molar-refractivity contribution in [1.29, 1.82) is 0 Å². The zero-order valence-electron chi connectivity index (χ0n) is 14.6. The van der Waals surface area contributed by atoms with Gasteiger partial charge in [0.25, 0.3) is 5.91 Å². The number of amides is 1. The summed E-state index contributed by atoms with van der Waals surface area (Å²) in [6, 6.07) is 8.01. The molecule has 1 atom stereocenters. The van der Waals surface area contributed by atoms with Gasteiger partial charge in [0, 0.05) is 18.1 Å². The number of aromatic nitrogens is 2. The molecule has 2 aromatic heterocycles. The molecule has 1 aliphatic rings. The summed E-state index contributed by atoms with van der Waals surface area (Å²) in [5.74, 6) is -2.01. The molecule has 9 heteroatoms. The van der Waals surface area contributed by atoms with Gasteiger partial charge >= 0.3 is 0 Å². The predicted octanol–water partition coefficient (Wildman–Crippen LogP) is 3.48. The van der Waals surface area contributed by atoms with Gasteiger partial charge in [-0.3, -0.25) is 4.79 Å². The van der Waals surface area contributed by atoms with Crippen molar-refractivity contribution in [3.05, 3.63) is 59.9 Å². The van der Waals surface area contributed by atoms with E-state index in [-0.39, 0.29) is 23.1 Å². The van der Waals surface area contributed by atoms with Crippen molar-refractivity contribution in [2.24, 2.45) is 0 Å². The number of ether oxygens (including phenoxy) is 1. The van der Waals surface area contributed by atoms with Crippen molar-refractivity contribution in [1.82, 2.24) is 14.7 Å². The molecule has 3 heterocycles. The lowest BCUT2D eigenvalue weighted by atomic mass is 10.1. The number of carbonyl (C=O) groups excluding carboxylic acids is 1. The second kappa shape index (κ2) is 7.99. The van der Waals surface area contributed by atoms with Crippen molar-refractivity contribution in [2.45, 2.75) is 12.5 Å². The van der Waals surface area contributed by atoms with Gasteiger partial charge in [0.2, 0.25) is 5.06 Å². The smallest absolute Gasteiger partial charge is 0.274 e. The van der Waals surface area contributed by atoms with Gasteiger partial charge in [-0.2, -0.15) is 4.37 Å². The molecule has 0 bridgehead atoms. The fourth-order valence-electron chi connectivity index (χ4n) is 2.91.